The molecule has 0 N–H and O–H groups in total. The van der Waals surface area contributed by atoms with Gasteiger partial charge in [0.15, 0.2) is 0 Å². The lowest BCUT2D eigenvalue weighted by Gasteiger charge is -2.38. The van der Waals surface area contributed by atoms with Crippen LogP contribution in [0.5, 0.6) is 5.75 Å². The molecule has 340 valence electrons. The van der Waals surface area contributed by atoms with E-state index in [0.29, 0.717) is 138 Å². The number of hydrogen-bond acceptors (Lipinski definition) is 19. The second-order valence-electron chi connectivity index (χ2n) is 14.5. The van der Waals surface area contributed by atoms with E-state index in [0.717, 1.165) is 53.0 Å². The van der Waals surface area contributed by atoms with E-state index < -0.39 is 5.60 Å². The summed E-state index contributed by atoms with van der Waals surface area (Å²) in [5.74, 6) is 0.722. The number of hydrogen-bond donors (Lipinski definition) is 0. The summed E-state index contributed by atoms with van der Waals surface area (Å²) in [7, 11) is 3.30. The van der Waals surface area contributed by atoms with Crippen LogP contribution < -0.4 is 4.74 Å². The highest BCUT2D eigenvalue weighted by molar-refractivity contribution is 8.26. The van der Waals surface area contributed by atoms with E-state index >= 15 is 0 Å². The number of nitrogens with zero attached hydrogens (tertiary/aromatic N) is 5. The molecule has 20 heteroatoms. The van der Waals surface area contributed by atoms with Crippen LogP contribution in [-0.2, 0) is 48.3 Å². The molecule has 1 fully saturated rings. The first-order valence-corrected chi connectivity index (χ1v) is 24.4. The minimum atomic E-state index is -0.778. The Kier molecular flexibility index (Phi) is 17.8. The predicted octanol–water partition coefficient (Wildman–Crippen LogP) is 7.69. The monoisotopic (exact) mass is 959 g/mol. The summed E-state index contributed by atoms with van der Waals surface area (Å²) in [6.45, 7) is 13.3. The number of carbonyl (C=O) groups is 1. The molecule has 0 radical (unpaired) electrons. The Labute approximate surface area is 389 Å². The fraction of sp³-hybridized carbons (Fsp3) is 0.535. The number of aryl methyl sites for hydroxylation is 2. The number of aromatic nitrogens is 4. The van der Waals surface area contributed by atoms with Crippen LogP contribution in [0.25, 0.3) is 48.3 Å². The first kappa shape index (κ1) is 47.9. The zero-order valence-corrected chi connectivity index (χ0v) is 40.3. The van der Waals surface area contributed by atoms with Crippen molar-refractivity contribution in [1.29, 1.82) is 0 Å². The van der Waals surface area contributed by atoms with E-state index in [4.69, 9.17) is 73.6 Å². The molecule has 4 aromatic heterocycles. The Morgan fingerprint density at radius 1 is 0.746 bits per heavy atom. The van der Waals surface area contributed by atoms with Crippen LogP contribution in [0.1, 0.15) is 41.5 Å². The summed E-state index contributed by atoms with van der Waals surface area (Å²) in [5, 5.41) is 0. The van der Waals surface area contributed by atoms with Gasteiger partial charge in [-0.1, -0.05) is 24.0 Å². The third-order valence-electron chi connectivity index (χ3n) is 10.4. The number of benzene rings is 1. The van der Waals surface area contributed by atoms with Crippen LogP contribution >= 0.6 is 58.4 Å². The number of carbonyl (C=O) groups excluding carboxylic acids is 1. The summed E-state index contributed by atoms with van der Waals surface area (Å²) in [6.07, 6.45) is 4.61. The highest BCUT2D eigenvalue weighted by Crippen LogP contribution is 2.57. The number of thiocarbonyl (C=S) groups is 1. The molecule has 1 aromatic carbocycles. The Morgan fingerprint density at radius 3 is 1.92 bits per heavy atom. The Hall–Kier alpha value is -3.09. The third kappa shape index (κ3) is 11.5. The molecule has 7 rings (SSSR count). The molecule has 1 amide bonds. The minimum absolute atomic E-state index is 0.125. The maximum Gasteiger partial charge on any atom is 0.266 e. The minimum Gasteiger partial charge on any atom is -0.481 e. The lowest BCUT2D eigenvalue weighted by molar-refractivity contribution is -0.122. The largest absolute Gasteiger partial charge is 0.481 e. The standard InChI is InChI=1S/C43H53N5O10S5/c1-6-48-41(49)33(62-42(48)59)24-29-26-44-37-34(38-36(46-63-47-38)28(3)35(37)45-29)32-25-30-39(61-32)40-31(23-27(2)60-40)58-43(30,7-9-52-15-17-56-21-19-54-13-11-50-4)8-10-53-16-18-57-22-20-55-14-12-51-5/h23-26H,6-22H2,1-5H3/b33-24+. The fourth-order valence-corrected chi connectivity index (χ4v) is 11.6. The summed E-state index contributed by atoms with van der Waals surface area (Å²) in [6, 6.07) is 4.35. The van der Waals surface area contributed by atoms with Gasteiger partial charge in [-0.2, -0.15) is 8.75 Å². The average molecular weight is 960 g/mol. The number of ether oxygens (including phenoxy) is 9. The molecule has 0 saturated carbocycles. The molecular formula is C43H53N5O10S5. The van der Waals surface area contributed by atoms with E-state index in [1.807, 2.05) is 13.8 Å². The number of likely N-dealkylation sites (N-methyl/N-ethyl adjacent to an activating group) is 1. The van der Waals surface area contributed by atoms with Crippen LogP contribution in [0.3, 0.4) is 0 Å². The highest BCUT2D eigenvalue weighted by atomic mass is 32.2. The quantitative estimate of drug-likeness (QED) is 0.0287. The molecule has 0 spiro atoms. The van der Waals surface area contributed by atoms with Crippen molar-refractivity contribution >= 4 is 96.8 Å². The van der Waals surface area contributed by atoms with E-state index in [-0.39, 0.29) is 5.91 Å². The van der Waals surface area contributed by atoms with Gasteiger partial charge in [-0.25, -0.2) is 4.98 Å². The topological polar surface area (TPSA) is 155 Å². The molecular weight excluding hydrogens is 907 g/mol. The SMILES string of the molecule is CCN1C(=O)/C(=C\c2cnc3c(-c4cc5c(s4)-c4sc(C)cc4OC5(CCOCCOCCOCCOC)CCOCCOCCOCCOC)c4nsnc4c(C)c3n2)SC1=S. The number of thioether (sulfide) groups is 1. The molecule has 2 aliphatic heterocycles. The summed E-state index contributed by atoms with van der Waals surface area (Å²) in [5.41, 5.74) is 5.51. The lowest BCUT2D eigenvalue weighted by atomic mass is 9.85. The van der Waals surface area contributed by atoms with Gasteiger partial charge in [0.05, 0.1) is 142 Å². The Balaban J connectivity index is 1.17. The first-order valence-electron chi connectivity index (χ1n) is 20.8. The van der Waals surface area contributed by atoms with Crippen molar-refractivity contribution in [3.63, 3.8) is 0 Å². The van der Waals surface area contributed by atoms with E-state index in [9.17, 15) is 4.79 Å². The second kappa shape index (κ2) is 23.4. The highest BCUT2D eigenvalue weighted by Gasteiger charge is 2.43. The van der Waals surface area contributed by atoms with Crippen molar-refractivity contribution in [3.05, 3.63) is 44.9 Å². The molecule has 2 aliphatic rings. The number of fused-ring (bicyclic) bond motifs is 5. The summed E-state index contributed by atoms with van der Waals surface area (Å²) >= 11 is 11.3. The Morgan fingerprint density at radius 2 is 1.33 bits per heavy atom. The molecule has 0 bridgehead atoms. The number of amides is 1. The number of rotatable bonds is 27. The van der Waals surface area contributed by atoms with Crippen molar-refractivity contribution in [1.82, 2.24) is 23.6 Å². The third-order valence-corrected chi connectivity index (χ3v) is 14.6. The van der Waals surface area contributed by atoms with Gasteiger partial charge >= 0.3 is 0 Å². The van der Waals surface area contributed by atoms with Gasteiger partial charge in [-0.3, -0.25) is 14.7 Å². The summed E-state index contributed by atoms with van der Waals surface area (Å²) < 4.78 is 62.2. The zero-order chi connectivity index (χ0) is 44.2. The van der Waals surface area contributed by atoms with E-state index in [2.05, 4.69) is 19.1 Å². The van der Waals surface area contributed by atoms with Gasteiger partial charge < -0.3 is 42.6 Å². The lowest BCUT2D eigenvalue weighted by Crippen LogP contribution is -2.38. The van der Waals surface area contributed by atoms with Crippen LogP contribution in [0.4, 0.5) is 0 Å². The van der Waals surface area contributed by atoms with Gasteiger partial charge in [0.1, 0.15) is 26.7 Å². The van der Waals surface area contributed by atoms with Gasteiger partial charge in [0.2, 0.25) is 0 Å². The molecule has 63 heavy (non-hydrogen) atoms. The molecule has 0 unspecified atom stereocenters. The van der Waals surface area contributed by atoms with Gasteiger partial charge in [-0.15, -0.1) is 22.7 Å². The predicted molar refractivity (Wildman–Crippen MR) is 252 cm³/mol. The maximum absolute atomic E-state index is 13.1. The maximum atomic E-state index is 13.1. The second-order valence-corrected chi connectivity index (χ2v) is 19.1. The van der Waals surface area contributed by atoms with Crippen LogP contribution in [-0.4, -0.2) is 147 Å². The van der Waals surface area contributed by atoms with Crippen LogP contribution in [0.2, 0.25) is 0 Å². The van der Waals surface area contributed by atoms with Crippen molar-refractivity contribution < 1.29 is 47.4 Å². The van der Waals surface area contributed by atoms with Crippen molar-refractivity contribution in [2.24, 2.45) is 0 Å². The van der Waals surface area contributed by atoms with E-state index in [1.165, 1.54) is 23.5 Å². The fourth-order valence-electron chi connectivity index (χ4n) is 7.23. The van der Waals surface area contributed by atoms with Gasteiger partial charge in [-0.05, 0) is 39.0 Å². The molecule has 15 nitrogen and oxygen atoms in total. The van der Waals surface area contributed by atoms with Crippen molar-refractivity contribution in [2.45, 2.75) is 39.2 Å². The zero-order valence-electron chi connectivity index (χ0n) is 36.2. The number of methoxy groups -OCH3 is 2. The Bertz CT molecular complexity index is 2340. The molecule has 6 heterocycles. The van der Waals surface area contributed by atoms with Crippen molar-refractivity contribution in [3.8, 4) is 25.9 Å². The first-order chi connectivity index (χ1) is 30.8. The smallest absolute Gasteiger partial charge is 0.266 e. The van der Waals surface area contributed by atoms with Gasteiger partial charge in [0, 0.05) is 60.1 Å². The van der Waals surface area contributed by atoms with Crippen LogP contribution in [0, 0.1) is 13.8 Å². The average Bonchev–Trinajstić information content (AvgIpc) is 4.08. The molecule has 0 atom stereocenters. The van der Waals surface area contributed by atoms with Gasteiger partial charge in [0.25, 0.3) is 5.91 Å². The molecule has 5 aromatic rings. The number of thiophene rings is 2. The summed E-state index contributed by atoms with van der Waals surface area (Å²) in [4.78, 5) is 29.6. The van der Waals surface area contributed by atoms with Crippen molar-refractivity contribution in [2.75, 3.05) is 113 Å². The van der Waals surface area contributed by atoms with Crippen LogP contribution in [0.15, 0.2) is 23.2 Å². The normalized spacial score (nSPS) is 15.3. The molecule has 1 saturated heterocycles. The molecule has 0 aliphatic carbocycles. The van der Waals surface area contributed by atoms with E-state index in [1.54, 1.807) is 54.1 Å².